The Morgan fingerprint density at radius 1 is 1.24 bits per heavy atom. The molecule has 3 rings (SSSR count). The second kappa shape index (κ2) is 5.36. The zero-order valence-corrected chi connectivity index (χ0v) is 11.8. The van der Waals surface area contributed by atoms with Crippen molar-refractivity contribution in [3.8, 4) is 5.88 Å². The third kappa shape index (κ3) is 2.76. The van der Waals surface area contributed by atoms with Gasteiger partial charge in [0, 0.05) is 11.5 Å². The summed E-state index contributed by atoms with van der Waals surface area (Å²) in [7, 11) is 1.52. The summed E-state index contributed by atoms with van der Waals surface area (Å²) in [4.78, 5) is 20.3. The van der Waals surface area contributed by atoms with Gasteiger partial charge in [-0.15, -0.1) is 0 Å². The maximum atomic E-state index is 12.3. The van der Waals surface area contributed by atoms with E-state index < -0.39 is 0 Å². The summed E-state index contributed by atoms with van der Waals surface area (Å²) >= 11 is 0. The third-order valence-electron chi connectivity index (χ3n) is 3.20. The summed E-state index contributed by atoms with van der Waals surface area (Å²) in [6, 6.07) is 9.22. The minimum Gasteiger partial charge on any atom is -0.481 e. The van der Waals surface area contributed by atoms with Crippen LogP contribution in [0.5, 0.6) is 5.88 Å². The first-order valence-electron chi connectivity index (χ1n) is 6.54. The van der Waals surface area contributed by atoms with Gasteiger partial charge in [0.05, 0.1) is 19.2 Å². The molecule has 0 radical (unpaired) electrons. The molecule has 3 aromatic rings. The lowest BCUT2D eigenvalue weighted by Gasteiger charge is -2.00. The molecule has 2 aromatic heterocycles. The zero-order valence-electron chi connectivity index (χ0n) is 11.8. The molecule has 0 saturated carbocycles. The van der Waals surface area contributed by atoms with E-state index in [4.69, 9.17) is 9.15 Å². The lowest BCUT2D eigenvalue weighted by atomic mass is 10.1. The molecule has 0 N–H and O–H groups in total. The van der Waals surface area contributed by atoms with Gasteiger partial charge in [0.25, 0.3) is 0 Å². The molecule has 0 bridgehead atoms. The fraction of sp³-hybridized carbons (Fsp3) is 0.188. The molecule has 21 heavy (non-hydrogen) atoms. The average molecular weight is 282 g/mol. The molecule has 0 aliphatic carbocycles. The van der Waals surface area contributed by atoms with Crippen LogP contribution in [0.25, 0.3) is 11.0 Å². The van der Waals surface area contributed by atoms with Gasteiger partial charge in [0.2, 0.25) is 11.7 Å². The lowest BCUT2D eigenvalue weighted by molar-refractivity contribution is 0.0967. The van der Waals surface area contributed by atoms with E-state index in [-0.39, 0.29) is 12.2 Å². The Morgan fingerprint density at radius 2 is 2.10 bits per heavy atom. The number of methoxy groups -OCH3 is 1. The number of ketones is 1. The van der Waals surface area contributed by atoms with E-state index in [1.165, 1.54) is 13.4 Å². The first-order chi connectivity index (χ1) is 10.2. The Hall–Kier alpha value is -2.69. The number of Topliss-reactive ketones (excluding diaryl/α,β-unsaturated/α-hetero) is 1. The lowest BCUT2D eigenvalue weighted by Crippen LogP contribution is -2.04. The first-order valence-corrected chi connectivity index (χ1v) is 6.54. The molecule has 0 fully saturated rings. The van der Waals surface area contributed by atoms with Gasteiger partial charge in [-0.25, -0.2) is 9.97 Å². The van der Waals surface area contributed by atoms with Crippen molar-refractivity contribution in [1.82, 2.24) is 9.97 Å². The minimum absolute atomic E-state index is 0.121. The van der Waals surface area contributed by atoms with Crippen molar-refractivity contribution >= 4 is 16.8 Å². The summed E-state index contributed by atoms with van der Waals surface area (Å²) in [5.41, 5.74) is 2.44. The highest BCUT2D eigenvalue weighted by molar-refractivity contribution is 5.98. The molecule has 1 aromatic carbocycles. The quantitative estimate of drug-likeness (QED) is 0.688. The molecule has 0 aliphatic heterocycles. The smallest absolute Gasteiger partial charge is 0.216 e. The number of ether oxygens (including phenoxy) is 1. The van der Waals surface area contributed by atoms with Crippen LogP contribution in [0.3, 0.4) is 0 Å². The van der Waals surface area contributed by atoms with Crippen molar-refractivity contribution in [3.05, 3.63) is 53.7 Å². The first kappa shape index (κ1) is 13.3. The summed E-state index contributed by atoms with van der Waals surface area (Å²) in [5.74, 6) is 0.658. The highest BCUT2D eigenvalue weighted by Gasteiger charge is 2.14. The van der Waals surface area contributed by atoms with E-state index in [1.54, 1.807) is 12.1 Å². The van der Waals surface area contributed by atoms with E-state index in [0.29, 0.717) is 22.9 Å². The third-order valence-corrected chi connectivity index (χ3v) is 3.20. The van der Waals surface area contributed by atoms with Crippen LogP contribution in [0.2, 0.25) is 0 Å². The van der Waals surface area contributed by atoms with Crippen molar-refractivity contribution in [1.29, 1.82) is 0 Å². The molecule has 106 valence electrons. The summed E-state index contributed by atoms with van der Waals surface area (Å²) in [6.07, 6.45) is 1.53. The number of aromatic nitrogens is 2. The van der Waals surface area contributed by atoms with Gasteiger partial charge < -0.3 is 9.15 Å². The Morgan fingerprint density at radius 3 is 2.90 bits per heavy atom. The van der Waals surface area contributed by atoms with E-state index in [9.17, 15) is 4.79 Å². The Kier molecular flexibility index (Phi) is 3.39. The predicted molar refractivity (Wildman–Crippen MR) is 77.6 cm³/mol. The average Bonchev–Trinajstić information content (AvgIpc) is 2.90. The molecule has 0 spiro atoms. The molecule has 5 heteroatoms. The highest BCUT2D eigenvalue weighted by Crippen LogP contribution is 2.21. The van der Waals surface area contributed by atoms with Crippen molar-refractivity contribution in [3.63, 3.8) is 0 Å². The largest absolute Gasteiger partial charge is 0.481 e. The van der Waals surface area contributed by atoms with Gasteiger partial charge >= 0.3 is 0 Å². The van der Waals surface area contributed by atoms with Gasteiger partial charge in [-0.1, -0.05) is 11.6 Å². The second-order valence-electron chi connectivity index (χ2n) is 4.80. The number of fused-ring (bicyclic) bond motifs is 1. The summed E-state index contributed by atoms with van der Waals surface area (Å²) < 4.78 is 10.6. The SMILES string of the molecule is COc1cc(CC(=O)c2cc3cc(C)ccc3o2)ncn1. The Bertz CT molecular complexity index is 808. The maximum Gasteiger partial charge on any atom is 0.216 e. The monoisotopic (exact) mass is 282 g/mol. The van der Waals surface area contributed by atoms with Crippen LogP contribution in [0.1, 0.15) is 21.8 Å². The number of aryl methyl sites for hydroxylation is 1. The van der Waals surface area contributed by atoms with Gasteiger partial charge in [0.1, 0.15) is 11.9 Å². The van der Waals surface area contributed by atoms with E-state index in [1.807, 2.05) is 25.1 Å². The summed E-state index contributed by atoms with van der Waals surface area (Å²) in [6.45, 7) is 2.00. The molecule has 0 amide bonds. The number of hydrogen-bond donors (Lipinski definition) is 0. The van der Waals surface area contributed by atoms with Crippen LogP contribution >= 0.6 is 0 Å². The molecule has 0 atom stereocenters. The van der Waals surface area contributed by atoms with Crippen LogP contribution in [-0.2, 0) is 6.42 Å². The number of benzene rings is 1. The minimum atomic E-state index is -0.121. The number of hydrogen-bond acceptors (Lipinski definition) is 5. The Labute approximate surface area is 121 Å². The number of carbonyl (C=O) groups excluding carboxylic acids is 1. The van der Waals surface area contributed by atoms with Crippen LogP contribution in [-0.4, -0.2) is 22.9 Å². The normalized spacial score (nSPS) is 10.8. The van der Waals surface area contributed by atoms with Crippen LogP contribution < -0.4 is 4.74 Å². The van der Waals surface area contributed by atoms with E-state index >= 15 is 0 Å². The maximum absolute atomic E-state index is 12.3. The fourth-order valence-corrected chi connectivity index (χ4v) is 2.14. The van der Waals surface area contributed by atoms with Gasteiger partial charge in [-0.05, 0) is 25.1 Å². The zero-order chi connectivity index (χ0) is 14.8. The molecular formula is C16H14N2O3. The van der Waals surface area contributed by atoms with Crippen molar-refractivity contribution in [2.75, 3.05) is 7.11 Å². The molecule has 2 heterocycles. The predicted octanol–water partition coefficient (Wildman–Crippen LogP) is 2.97. The molecular weight excluding hydrogens is 268 g/mol. The summed E-state index contributed by atoms with van der Waals surface area (Å²) in [5, 5.41) is 0.929. The van der Waals surface area contributed by atoms with Crippen LogP contribution in [0.4, 0.5) is 0 Å². The number of nitrogens with zero attached hydrogens (tertiary/aromatic N) is 2. The van der Waals surface area contributed by atoms with Crippen LogP contribution in [0.15, 0.2) is 41.1 Å². The van der Waals surface area contributed by atoms with E-state index in [0.717, 1.165) is 10.9 Å². The van der Waals surface area contributed by atoms with Crippen molar-refractivity contribution < 1.29 is 13.9 Å². The van der Waals surface area contributed by atoms with Gasteiger partial charge in [-0.3, -0.25) is 4.79 Å². The second-order valence-corrected chi connectivity index (χ2v) is 4.80. The standard InChI is InChI=1S/C16H14N2O3/c1-10-3-4-14-11(5-10)6-15(21-14)13(19)7-12-8-16(20-2)18-9-17-12/h3-6,8-9H,7H2,1-2H3. The van der Waals surface area contributed by atoms with Crippen molar-refractivity contribution in [2.45, 2.75) is 13.3 Å². The number of furan rings is 1. The Balaban J connectivity index is 1.86. The molecule has 0 saturated heterocycles. The van der Waals surface area contributed by atoms with Gasteiger partial charge in [0.15, 0.2) is 5.76 Å². The number of rotatable bonds is 4. The van der Waals surface area contributed by atoms with Gasteiger partial charge in [-0.2, -0.15) is 0 Å². The molecule has 0 aliphatic rings. The van der Waals surface area contributed by atoms with Crippen molar-refractivity contribution in [2.24, 2.45) is 0 Å². The highest BCUT2D eigenvalue weighted by atomic mass is 16.5. The topological polar surface area (TPSA) is 65.2 Å². The number of carbonyl (C=O) groups is 1. The fourth-order valence-electron chi connectivity index (χ4n) is 2.14. The van der Waals surface area contributed by atoms with Crippen LogP contribution in [0, 0.1) is 6.92 Å². The molecule has 5 nitrogen and oxygen atoms in total. The molecule has 0 unspecified atom stereocenters. The van der Waals surface area contributed by atoms with E-state index in [2.05, 4.69) is 9.97 Å².